The predicted octanol–water partition coefficient (Wildman–Crippen LogP) is 4.62. The normalized spacial score (nSPS) is 10.6. The number of esters is 1. The van der Waals surface area contributed by atoms with Crippen molar-refractivity contribution in [3.8, 4) is 34.5 Å². The maximum absolute atomic E-state index is 12.9. The van der Waals surface area contributed by atoms with Gasteiger partial charge in [0, 0.05) is 4.47 Å². The minimum atomic E-state index is -0.648. The van der Waals surface area contributed by atoms with Crippen LogP contribution >= 0.6 is 15.9 Å². The maximum Gasteiger partial charge on any atom is 0.343 e. The van der Waals surface area contributed by atoms with Crippen molar-refractivity contribution in [2.24, 2.45) is 5.10 Å². The van der Waals surface area contributed by atoms with E-state index in [4.69, 9.17) is 28.4 Å². The Labute approximate surface area is 228 Å². The molecule has 1 N–H and O–H groups in total. The highest BCUT2D eigenvalue weighted by Gasteiger charge is 2.20. The Bertz CT molecular complexity index is 1270. The first kappa shape index (κ1) is 28.3. The quantitative estimate of drug-likeness (QED) is 0.141. The van der Waals surface area contributed by atoms with Gasteiger partial charge in [0.25, 0.3) is 5.91 Å². The molecule has 0 spiro atoms. The van der Waals surface area contributed by atoms with E-state index in [0.29, 0.717) is 40.9 Å². The molecular weight excluding hydrogens is 560 g/mol. The van der Waals surface area contributed by atoms with Gasteiger partial charge < -0.3 is 28.4 Å². The van der Waals surface area contributed by atoms with Crippen molar-refractivity contribution in [1.29, 1.82) is 0 Å². The van der Waals surface area contributed by atoms with Crippen LogP contribution in [0.2, 0.25) is 0 Å². The van der Waals surface area contributed by atoms with Gasteiger partial charge in [0.05, 0.1) is 39.7 Å². The largest absolute Gasteiger partial charge is 0.493 e. The average Bonchev–Trinajstić information content (AvgIpc) is 2.93. The van der Waals surface area contributed by atoms with Gasteiger partial charge >= 0.3 is 5.97 Å². The average molecular weight is 587 g/mol. The van der Waals surface area contributed by atoms with Crippen LogP contribution in [-0.2, 0) is 4.79 Å². The number of methoxy groups -OCH3 is 3. The molecule has 0 aliphatic rings. The smallest absolute Gasteiger partial charge is 0.343 e. The topological polar surface area (TPSA) is 114 Å². The monoisotopic (exact) mass is 586 g/mol. The van der Waals surface area contributed by atoms with Crippen molar-refractivity contribution in [3.63, 3.8) is 0 Å². The summed E-state index contributed by atoms with van der Waals surface area (Å²) in [6.45, 7) is 1.94. The molecule has 10 nitrogen and oxygen atoms in total. The molecule has 0 fully saturated rings. The van der Waals surface area contributed by atoms with Crippen LogP contribution in [-0.4, -0.2) is 52.6 Å². The number of rotatable bonds is 12. The van der Waals surface area contributed by atoms with E-state index in [1.54, 1.807) is 37.3 Å². The summed E-state index contributed by atoms with van der Waals surface area (Å²) in [5.41, 5.74) is 3.20. The first-order chi connectivity index (χ1) is 18.4. The van der Waals surface area contributed by atoms with E-state index >= 15 is 0 Å². The summed E-state index contributed by atoms with van der Waals surface area (Å²) in [6.07, 6.45) is 1.44. The lowest BCUT2D eigenvalue weighted by Crippen LogP contribution is -2.24. The molecular formula is C27H27BrN2O8. The Hall–Kier alpha value is -4.25. The molecule has 1 amide bonds. The molecule has 0 aliphatic heterocycles. The molecule has 38 heavy (non-hydrogen) atoms. The Morgan fingerprint density at radius 1 is 0.868 bits per heavy atom. The van der Waals surface area contributed by atoms with Crippen molar-refractivity contribution in [2.45, 2.75) is 6.92 Å². The highest BCUT2D eigenvalue weighted by molar-refractivity contribution is 9.10. The van der Waals surface area contributed by atoms with Crippen LogP contribution in [0.25, 0.3) is 0 Å². The SMILES string of the molecule is CCOc1cc(C=NNC(=O)COc2ccc(Br)cc2)ccc1OC(=O)c1cc(OC)c(OC)c(OC)c1. The third-order valence-corrected chi connectivity index (χ3v) is 5.49. The lowest BCUT2D eigenvalue weighted by Gasteiger charge is -2.15. The number of benzene rings is 3. The lowest BCUT2D eigenvalue weighted by atomic mass is 10.1. The number of hydrogen-bond acceptors (Lipinski definition) is 9. The molecule has 0 aliphatic carbocycles. The fourth-order valence-electron chi connectivity index (χ4n) is 3.21. The van der Waals surface area contributed by atoms with Gasteiger partial charge in [0.1, 0.15) is 5.75 Å². The number of hydrogen-bond donors (Lipinski definition) is 1. The van der Waals surface area contributed by atoms with E-state index in [2.05, 4.69) is 26.5 Å². The predicted molar refractivity (Wildman–Crippen MR) is 144 cm³/mol. The zero-order chi connectivity index (χ0) is 27.5. The minimum absolute atomic E-state index is 0.195. The molecule has 0 bridgehead atoms. The molecule has 0 saturated heterocycles. The van der Waals surface area contributed by atoms with Crippen LogP contribution in [0.4, 0.5) is 0 Å². The Balaban J connectivity index is 1.67. The van der Waals surface area contributed by atoms with Gasteiger partial charge in [-0.3, -0.25) is 4.79 Å². The lowest BCUT2D eigenvalue weighted by molar-refractivity contribution is -0.123. The molecule has 200 valence electrons. The zero-order valence-electron chi connectivity index (χ0n) is 21.3. The summed E-state index contributed by atoms with van der Waals surface area (Å²) in [5, 5.41) is 3.95. The molecule has 0 heterocycles. The van der Waals surface area contributed by atoms with E-state index in [1.165, 1.54) is 39.7 Å². The number of carbonyl (C=O) groups is 2. The molecule has 0 saturated carbocycles. The van der Waals surface area contributed by atoms with E-state index in [9.17, 15) is 9.59 Å². The zero-order valence-corrected chi connectivity index (χ0v) is 22.9. The number of halogens is 1. The second-order valence-corrected chi connectivity index (χ2v) is 8.39. The van der Waals surface area contributed by atoms with Crippen molar-refractivity contribution in [1.82, 2.24) is 5.43 Å². The molecule has 11 heteroatoms. The third kappa shape index (κ3) is 7.62. The highest BCUT2D eigenvalue weighted by Crippen LogP contribution is 2.39. The molecule has 3 aromatic carbocycles. The number of nitrogens with zero attached hydrogens (tertiary/aromatic N) is 1. The fourth-order valence-corrected chi connectivity index (χ4v) is 3.47. The molecule has 3 aromatic rings. The summed E-state index contributed by atoms with van der Waals surface area (Å²) in [5.74, 6) is 1.01. The first-order valence-electron chi connectivity index (χ1n) is 11.4. The number of hydrazone groups is 1. The summed E-state index contributed by atoms with van der Waals surface area (Å²) in [4.78, 5) is 24.9. The van der Waals surface area contributed by atoms with Gasteiger partial charge in [0.15, 0.2) is 29.6 Å². The van der Waals surface area contributed by atoms with E-state index in [-0.39, 0.29) is 17.9 Å². The van der Waals surface area contributed by atoms with Crippen molar-refractivity contribution < 1.29 is 38.0 Å². The van der Waals surface area contributed by atoms with Gasteiger partial charge in [0.2, 0.25) is 5.75 Å². The summed E-state index contributed by atoms with van der Waals surface area (Å²) < 4.78 is 33.4. The summed E-state index contributed by atoms with van der Waals surface area (Å²) >= 11 is 3.34. The molecule has 0 unspecified atom stereocenters. The van der Waals surface area contributed by atoms with Crippen molar-refractivity contribution in [3.05, 3.63) is 70.2 Å². The van der Waals surface area contributed by atoms with E-state index in [1.807, 2.05) is 12.1 Å². The maximum atomic E-state index is 12.9. The third-order valence-electron chi connectivity index (χ3n) is 4.96. The first-order valence-corrected chi connectivity index (χ1v) is 12.2. The minimum Gasteiger partial charge on any atom is -0.493 e. The van der Waals surface area contributed by atoms with Crippen LogP contribution in [0.3, 0.4) is 0 Å². The second kappa shape index (κ2) is 13.9. The van der Waals surface area contributed by atoms with Crippen molar-refractivity contribution >= 4 is 34.0 Å². The van der Waals surface area contributed by atoms with Crippen LogP contribution < -0.4 is 33.8 Å². The number of carbonyl (C=O) groups excluding carboxylic acids is 2. The van der Waals surface area contributed by atoms with Crippen LogP contribution in [0.1, 0.15) is 22.8 Å². The van der Waals surface area contributed by atoms with Gasteiger partial charge in [-0.25, -0.2) is 10.2 Å². The molecule has 0 radical (unpaired) electrons. The highest BCUT2D eigenvalue weighted by atomic mass is 79.9. The molecule has 0 atom stereocenters. The van der Waals surface area contributed by atoms with Crippen molar-refractivity contribution in [2.75, 3.05) is 34.5 Å². The second-order valence-electron chi connectivity index (χ2n) is 7.48. The van der Waals surface area contributed by atoms with Gasteiger partial charge in [-0.05, 0) is 67.1 Å². The Kier molecular flexibility index (Phi) is 10.4. The van der Waals surface area contributed by atoms with Crippen LogP contribution in [0.15, 0.2) is 64.2 Å². The Morgan fingerprint density at radius 3 is 2.16 bits per heavy atom. The van der Waals surface area contributed by atoms with Gasteiger partial charge in [-0.2, -0.15) is 5.10 Å². The summed E-state index contributed by atoms with van der Waals surface area (Å²) in [7, 11) is 4.39. The number of amides is 1. The van der Waals surface area contributed by atoms with Gasteiger partial charge in [-0.1, -0.05) is 15.9 Å². The van der Waals surface area contributed by atoms with E-state index < -0.39 is 11.9 Å². The van der Waals surface area contributed by atoms with E-state index in [0.717, 1.165) is 4.47 Å². The number of ether oxygens (including phenoxy) is 6. The van der Waals surface area contributed by atoms with Gasteiger partial charge in [-0.15, -0.1) is 0 Å². The molecule has 3 rings (SSSR count). The van der Waals surface area contributed by atoms with Crippen LogP contribution in [0, 0.1) is 0 Å². The molecule has 0 aromatic heterocycles. The van der Waals surface area contributed by atoms with Crippen LogP contribution in [0.5, 0.6) is 34.5 Å². The number of nitrogens with one attached hydrogen (secondary N) is 1. The Morgan fingerprint density at radius 2 is 1.55 bits per heavy atom. The fraction of sp³-hybridized carbons (Fsp3) is 0.222. The summed E-state index contributed by atoms with van der Waals surface area (Å²) in [6, 6.07) is 15.0. The standard InChI is InChI=1S/C27H27BrN2O8/c1-5-36-22-12-17(15-29-30-25(31)16-37-20-9-7-19(28)8-10-20)6-11-21(22)38-27(32)18-13-23(33-2)26(35-4)24(14-18)34-3/h6-15H,5,16H2,1-4H3,(H,30,31).